The number of aliphatic hydroxyl groups excluding tert-OH is 5. The minimum atomic E-state index is -5.13. The fourth-order valence-corrected chi connectivity index (χ4v) is 7.82. The molecule has 8 atom stereocenters. The van der Waals surface area contributed by atoms with Crippen LogP contribution in [0.2, 0.25) is 0 Å². The molecule has 1 aliphatic rings. The second kappa shape index (κ2) is 38.3. The Morgan fingerprint density at radius 3 is 1.55 bits per heavy atom. The molecule has 0 radical (unpaired) electrons. The SMILES string of the molecule is CCCCCCC/C=C/CC/C=C/CC/C=C/C(O)C(COC1OC(CO)C(O)C(OS(=O)(=O)O)C1O)NC(=O)C(O)CCCCCCCC/C=C\CCCCCCCCCC. The predicted molar refractivity (Wildman–Crippen MR) is 247 cm³/mol. The summed E-state index contributed by atoms with van der Waals surface area (Å²) in [5.74, 6) is -0.723. The first-order valence-electron chi connectivity index (χ1n) is 24.1. The molecule has 8 unspecified atom stereocenters. The summed E-state index contributed by atoms with van der Waals surface area (Å²) in [5, 5.41) is 55.2. The van der Waals surface area contributed by atoms with Crippen LogP contribution in [0.15, 0.2) is 48.6 Å². The van der Waals surface area contributed by atoms with Crippen molar-refractivity contribution in [3.63, 3.8) is 0 Å². The van der Waals surface area contributed by atoms with Crippen molar-refractivity contribution in [3.05, 3.63) is 48.6 Å². The van der Waals surface area contributed by atoms with E-state index in [2.05, 4.69) is 59.8 Å². The summed E-state index contributed by atoms with van der Waals surface area (Å²) in [6.07, 6.45) is 34.8. The normalized spacial score (nSPS) is 21.5. The Hall–Kier alpha value is -1.98. The maximum absolute atomic E-state index is 13.1. The third-order valence-electron chi connectivity index (χ3n) is 11.2. The molecule has 1 saturated heterocycles. The zero-order valence-corrected chi connectivity index (χ0v) is 39.1. The van der Waals surface area contributed by atoms with Gasteiger partial charge in [0.1, 0.15) is 30.5 Å². The van der Waals surface area contributed by atoms with Crippen molar-refractivity contribution < 1.29 is 57.0 Å². The van der Waals surface area contributed by atoms with Crippen LogP contribution < -0.4 is 5.32 Å². The average molecular weight is 902 g/mol. The lowest BCUT2D eigenvalue weighted by Gasteiger charge is -2.41. The van der Waals surface area contributed by atoms with Gasteiger partial charge in [0.15, 0.2) is 6.29 Å². The highest BCUT2D eigenvalue weighted by atomic mass is 32.3. The maximum Gasteiger partial charge on any atom is 0.397 e. The number of hydrogen-bond donors (Lipinski definition) is 7. The monoisotopic (exact) mass is 902 g/mol. The van der Waals surface area contributed by atoms with Crippen molar-refractivity contribution in [1.29, 1.82) is 0 Å². The molecule has 0 bridgehead atoms. The van der Waals surface area contributed by atoms with E-state index in [9.17, 15) is 43.3 Å². The topological polar surface area (TPSA) is 212 Å². The molecule has 0 spiro atoms. The number of allylic oxidation sites excluding steroid dienone is 7. The van der Waals surface area contributed by atoms with Crippen LogP contribution in [-0.2, 0) is 28.9 Å². The highest BCUT2D eigenvalue weighted by Crippen LogP contribution is 2.26. The fourth-order valence-electron chi connectivity index (χ4n) is 7.31. The minimum absolute atomic E-state index is 0.225. The number of carbonyl (C=O) groups is 1. The molecular formula is C48H87NO12S. The standard InChI is InChI=1S/C48H87NO12S/c1-3-5-7-9-11-13-15-17-19-20-21-23-25-27-29-31-33-35-37-42(52)47(55)49-40(39-59-48-45(54)46(61-62(56,57)58)44(53)43(38-50)60-48)41(51)36-34-32-30-28-26-24-22-18-16-14-12-10-8-6-4-2/h16,18,20-21,26,28,34,36,40-46,48,50-54H,3-15,17,19,22-25,27,29-33,35,37-39H2,1-2H3,(H,49,55)(H,56,57,58)/b18-16+,21-20-,28-26+,36-34+. The number of hydrogen-bond acceptors (Lipinski definition) is 11. The molecule has 0 aromatic rings. The molecule has 7 N–H and O–H groups in total. The van der Waals surface area contributed by atoms with Gasteiger partial charge in [0.25, 0.3) is 0 Å². The highest BCUT2D eigenvalue weighted by Gasteiger charge is 2.48. The zero-order chi connectivity index (χ0) is 45.7. The number of amides is 1. The minimum Gasteiger partial charge on any atom is -0.394 e. The van der Waals surface area contributed by atoms with E-state index in [0.717, 1.165) is 70.6 Å². The van der Waals surface area contributed by atoms with Crippen molar-refractivity contribution in [2.75, 3.05) is 13.2 Å². The van der Waals surface area contributed by atoms with E-state index in [1.807, 2.05) is 0 Å². The number of aliphatic hydroxyl groups is 5. The van der Waals surface area contributed by atoms with Gasteiger partial charge in [0, 0.05) is 0 Å². The molecule has 1 heterocycles. The van der Waals surface area contributed by atoms with Crippen molar-refractivity contribution in [2.45, 2.75) is 236 Å². The van der Waals surface area contributed by atoms with Crippen LogP contribution in [0.1, 0.15) is 187 Å². The van der Waals surface area contributed by atoms with Gasteiger partial charge in [-0.15, -0.1) is 0 Å². The maximum atomic E-state index is 13.1. The summed E-state index contributed by atoms with van der Waals surface area (Å²) < 4.78 is 47.5. The van der Waals surface area contributed by atoms with Crippen LogP contribution in [0.5, 0.6) is 0 Å². The number of carbonyl (C=O) groups excluding carboxylic acids is 1. The molecular weight excluding hydrogens is 815 g/mol. The average Bonchev–Trinajstić information content (AvgIpc) is 3.24. The summed E-state index contributed by atoms with van der Waals surface area (Å²) in [5.41, 5.74) is 0. The Labute approximate surface area is 375 Å². The molecule has 1 amide bonds. The van der Waals surface area contributed by atoms with Gasteiger partial charge in [-0.2, -0.15) is 8.42 Å². The Kier molecular flexibility index (Phi) is 35.9. The van der Waals surface area contributed by atoms with E-state index >= 15 is 0 Å². The van der Waals surface area contributed by atoms with E-state index < -0.39 is 78.5 Å². The Morgan fingerprint density at radius 1 is 0.645 bits per heavy atom. The van der Waals surface area contributed by atoms with Crippen molar-refractivity contribution >= 4 is 16.3 Å². The van der Waals surface area contributed by atoms with Gasteiger partial charge in [0.2, 0.25) is 5.91 Å². The quantitative estimate of drug-likeness (QED) is 0.0175. The van der Waals surface area contributed by atoms with Crippen molar-refractivity contribution in [3.8, 4) is 0 Å². The third kappa shape index (κ3) is 30.2. The fraction of sp³-hybridized carbons (Fsp3) is 0.812. The molecule has 1 fully saturated rings. The van der Waals surface area contributed by atoms with Crippen LogP contribution in [0, 0.1) is 0 Å². The second-order valence-corrected chi connectivity index (χ2v) is 17.9. The lowest BCUT2D eigenvalue weighted by molar-refractivity contribution is -0.298. The second-order valence-electron chi connectivity index (χ2n) is 16.8. The van der Waals surface area contributed by atoms with Gasteiger partial charge >= 0.3 is 10.4 Å². The number of nitrogens with one attached hydrogen (secondary N) is 1. The highest BCUT2D eigenvalue weighted by molar-refractivity contribution is 7.80. The summed E-state index contributed by atoms with van der Waals surface area (Å²) in [4.78, 5) is 13.1. The van der Waals surface area contributed by atoms with Crippen molar-refractivity contribution in [1.82, 2.24) is 5.32 Å². The van der Waals surface area contributed by atoms with Crippen LogP contribution >= 0.6 is 0 Å². The molecule has 1 rings (SSSR count). The Bertz CT molecular complexity index is 1310. The van der Waals surface area contributed by atoms with Crippen LogP contribution in [0.3, 0.4) is 0 Å². The van der Waals surface area contributed by atoms with E-state index in [-0.39, 0.29) is 6.42 Å². The molecule has 62 heavy (non-hydrogen) atoms. The van der Waals surface area contributed by atoms with Gasteiger partial charge in [-0.25, -0.2) is 4.18 Å². The third-order valence-corrected chi connectivity index (χ3v) is 11.6. The molecule has 0 aromatic carbocycles. The largest absolute Gasteiger partial charge is 0.397 e. The van der Waals surface area contributed by atoms with Crippen LogP contribution in [0.25, 0.3) is 0 Å². The van der Waals surface area contributed by atoms with Crippen LogP contribution in [0.4, 0.5) is 0 Å². The number of unbranched alkanes of at least 4 members (excludes halogenated alkanes) is 21. The molecule has 0 aliphatic carbocycles. The molecule has 1 aliphatic heterocycles. The molecule has 13 nitrogen and oxygen atoms in total. The summed E-state index contributed by atoms with van der Waals surface area (Å²) in [6.45, 7) is 3.17. The van der Waals surface area contributed by atoms with Gasteiger partial charge in [-0.3, -0.25) is 9.35 Å². The zero-order valence-electron chi connectivity index (χ0n) is 38.3. The first kappa shape index (κ1) is 58.0. The molecule has 362 valence electrons. The summed E-state index contributed by atoms with van der Waals surface area (Å²) in [6, 6.07) is -1.15. The Balaban J connectivity index is 2.59. The van der Waals surface area contributed by atoms with E-state index in [1.165, 1.54) is 89.5 Å². The molecule has 0 saturated carbocycles. The van der Waals surface area contributed by atoms with E-state index in [4.69, 9.17) is 9.47 Å². The van der Waals surface area contributed by atoms with Gasteiger partial charge < -0.3 is 40.3 Å². The van der Waals surface area contributed by atoms with Gasteiger partial charge in [-0.05, 0) is 70.6 Å². The van der Waals surface area contributed by atoms with Gasteiger partial charge in [0.05, 0.1) is 25.4 Å². The molecule has 0 aromatic heterocycles. The van der Waals surface area contributed by atoms with Crippen molar-refractivity contribution in [2.24, 2.45) is 0 Å². The van der Waals surface area contributed by atoms with E-state index in [1.54, 1.807) is 6.08 Å². The Morgan fingerprint density at radius 2 is 1.08 bits per heavy atom. The van der Waals surface area contributed by atoms with Gasteiger partial charge in [-0.1, -0.05) is 165 Å². The predicted octanol–water partition coefficient (Wildman–Crippen LogP) is 8.63. The number of rotatable bonds is 40. The lowest BCUT2D eigenvalue weighted by Crippen LogP contribution is -2.61. The van der Waals surface area contributed by atoms with Crippen LogP contribution in [-0.4, -0.2) is 107 Å². The first-order valence-corrected chi connectivity index (χ1v) is 25.5. The molecule has 14 heteroatoms. The first-order chi connectivity index (χ1) is 29.9. The van der Waals surface area contributed by atoms with E-state index in [0.29, 0.717) is 12.8 Å². The summed E-state index contributed by atoms with van der Waals surface area (Å²) in [7, 11) is -5.13. The summed E-state index contributed by atoms with van der Waals surface area (Å²) >= 11 is 0. The number of ether oxygens (including phenoxy) is 2. The smallest absolute Gasteiger partial charge is 0.394 e. The lowest BCUT2D eigenvalue weighted by atomic mass is 9.99.